The average Bonchev–Trinajstić information content (AvgIpc) is 3.39. The first-order chi connectivity index (χ1) is 13.4. The first-order valence-corrected chi connectivity index (χ1v) is 9.16. The molecule has 1 aliphatic heterocycles. The molecule has 1 atom stereocenters. The fourth-order valence-electron chi connectivity index (χ4n) is 3.73. The summed E-state index contributed by atoms with van der Waals surface area (Å²) in [7, 11) is 0. The average molecular weight is 357 g/mol. The van der Waals surface area contributed by atoms with Gasteiger partial charge in [-0.3, -0.25) is 14.9 Å². The minimum Gasteiger partial charge on any atom is -0.339 e. The summed E-state index contributed by atoms with van der Waals surface area (Å²) in [6.07, 6.45) is 6.37. The van der Waals surface area contributed by atoms with Crippen molar-refractivity contribution >= 4 is 10.9 Å². The van der Waals surface area contributed by atoms with Crippen LogP contribution >= 0.6 is 0 Å². The standard InChI is InChI=1S/C21H19N5O/c1-4-15-6-3-10-23-19(15)17(5-1)13-26-11-8-18(14-26)21-24-20(25-27-21)16-7-2-9-22-12-16/h1-7,9-10,12,18H,8,11,13-14H2. The molecule has 1 saturated heterocycles. The van der Waals surface area contributed by atoms with E-state index < -0.39 is 0 Å². The lowest BCUT2D eigenvalue weighted by Gasteiger charge is -2.16. The van der Waals surface area contributed by atoms with Gasteiger partial charge in [-0.1, -0.05) is 29.4 Å². The van der Waals surface area contributed by atoms with Crippen molar-refractivity contribution in [3.05, 3.63) is 72.5 Å². The van der Waals surface area contributed by atoms with Gasteiger partial charge in [0, 0.05) is 42.6 Å². The highest BCUT2D eigenvalue weighted by molar-refractivity contribution is 5.81. The van der Waals surface area contributed by atoms with E-state index in [0.29, 0.717) is 11.7 Å². The van der Waals surface area contributed by atoms with Gasteiger partial charge in [0.1, 0.15) is 0 Å². The number of nitrogens with zero attached hydrogens (tertiary/aromatic N) is 5. The van der Waals surface area contributed by atoms with Gasteiger partial charge in [-0.15, -0.1) is 0 Å². The number of hydrogen-bond donors (Lipinski definition) is 0. The van der Waals surface area contributed by atoms with Crippen LogP contribution in [0.2, 0.25) is 0 Å². The maximum atomic E-state index is 5.54. The smallest absolute Gasteiger partial charge is 0.231 e. The first-order valence-electron chi connectivity index (χ1n) is 9.16. The molecular formula is C21H19N5O. The van der Waals surface area contributed by atoms with Crippen LogP contribution in [0, 0.1) is 0 Å². The molecule has 27 heavy (non-hydrogen) atoms. The maximum absolute atomic E-state index is 5.54. The van der Waals surface area contributed by atoms with Gasteiger partial charge in [-0.2, -0.15) is 4.98 Å². The third-order valence-corrected chi connectivity index (χ3v) is 5.09. The fourth-order valence-corrected chi connectivity index (χ4v) is 3.73. The molecule has 5 rings (SSSR count). The van der Waals surface area contributed by atoms with Crippen LogP contribution in [0.1, 0.15) is 23.8 Å². The molecule has 134 valence electrons. The van der Waals surface area contributed by atoms with E-state index >= 15 is 0 Å². The van der Waals surface area contributed by atoms with Crippen molar-refractivity contribution < 1.29 is 4.52 Å². The number of likely N-dealkylation sites (tertiary alicyclic amines) is 1. The summed E-state index contributed by atoms with van der Waals surface area (Å²) in [5, 5.41) is 5.31. The van der Waals surface area contributed by atoms with Gasteiger partial charge in [-0.05, 0) is 36.7 Å². The Balaban J connectivity index is 1.31. The third kappa shape index (κ3) is 3.19. The molecule has 3 aromatic heterocycles. The largest absolute Gasteiger partial charge is 0.339 e. The molecule has 4 aromatic rings. The Morgan fingerprint density at radius 2 is 2.00 bits per heavy atom. The van der Waals surface area contributed by atoms with Crippen molar-refractivity contribution in [2.45, 2.75) is 18.9 Å². The molecule has 1 unspecified atom stereocenters. The normalized spacial score (nSPS) is 17.6. The summed E-state index contributed by atoms with van der Waals surface area (Å²) in [4.78, 5) is 15.7. The summed E-state index contributed by atoms with van der Waals surface area (Å²) in [6.45, 7) is 2.81. The zero-order valence-electron chi connectivity index (χ0n) is 14.8. The zero-order valence-corrected chi connectivity index (χ0v) is 14.8. The van der Waals surface area contributed by atoms with E-state index in [0.717, 1.165) is 37.1 Å². The molecule has 4 heterocycles. The number of para-hydroxylation sites is 1. The molecule has 0 amide bonds. The molecule has 1 fully saturated rings. The van der Waals surface area contributed by atoms with Gasteiger partial charge in [0.05, 0.1) is 11.4 Å². The Bertz CT molecular complexity index is 1060. The second kappa shape index (κ2) is 6.89. The minimum atomic E-state index is 0.269. The Hall–Kier alpha value is -3.12. The fraction of sp³-hybridized carbons (Fsp3) is 0.238. The van der Waals surface area contributed by atoms with E-state index in [9.17, 15) is 0 Å². The number of fused-ring (bicyclic) bond motifs is 1. The van der Waals surface area contributed by atoms with E-state index in [2.05, 4.69) is 49.3 Å². The van der Waals surface area contributed by atoms with Crippen molar-refractivity contribution in [2.75, 3.05) is 13.1 Å². The molecular weight excluding hydrogens is 338 g/mol. The summed E-state index contributed by atoms with van der Waals surface area (Å²) in [5.74, 6) is 1.59. The number of rotatable bonds is 4. The quantitative estimate of drug-likeness (QED) is 0.555. The molecule has 6 nitrogen and oxygen atoms in total. The van der Waals surface area contributed by atoms with Crippen LogP contribution in [-0.2, 0) is 6.54 Å². The summed E-state index contributed by atoms with van der Waals surface area (Å²) in [5.41, 5.74) is 3.22. The number of benzene rings is 1. The van der Waals surface area contributed by atoms with Gasteiger partial charge in [0.15, 0.2) is 0 Å². The van der Waals surface area contributed by atoms with Gasteiger partial charge in [-0.25, -0.2) is 0 Å². The van der Waals surface area contributed by atoms with Gasteiger partial charge in [0.25, 0.3) is 0 Å². The second-order valence-electron chi connectivity index (χ2n) is 6.91. The van der Waals surface area contributed by atoms with E-state index in [4.69, 9.17) is 4.52 Å². The topological polar surface area (TPSA) is 67.9 Å². The Labute approximate surface area is 156 Å². The van der Waals surface area contributed by atoms with Crippen LogP contribution in [-0.4, -0.2) is 38.1 Å². The Morgan fingerprint density at radius 3 is 2.93 bits per heavy atom. The van der Waals surface area contributed by atoms with Gasteiger partial charge in [0.2, 0.25) is 11.7 Å². The van der Waals surface area contributed by atoms with E-state index in [1.807, 2.05) is 24.4 Å². The summed E-state index contributed by atoms with van der Waals surface area (Å²) >= 11 is 0. The molecule has 6 heteroatoms. The molecule has 0 N–H and O–H groups in total. The summed E-state index contributed by atoms with van der Waals surface area (Å²) in [6, 6.07) is 14.3. The second-order valence-corrected chi connectivity index (χ2v) is 6.91. The van der Waals surface area contributed by atoms with Crippen LogP contribution in [0.15, 0.2) is 65.6 Å². The molecule has 0 aliphatic carbocycles. The highest BCUT2D eigenvalue weighted by atomic mass is 16.5. The van der Waals surface area contributed by atoms with Crippen molar-refractivity contribution in [3.8, 4) is 11.4 Å². The molecule has 1 aromatic carbocycles. The van der Waals surface area contributed by atoms with Gasteiger partial charge >= 0.3 is 0 Å². The Morgan fingerprint density at radius 1 is 1.07 bits per heavy atom. The lowest BCUT2D eigenvalue weighted by Crippen LogP contribution is -2.20. The Kier molecular flexibility index (Phi) is 4.10. The van der Waals surface area contributed by atoms with E-state index in [1.54, 1.807) is 12.4 Å². The SMILES string of the molecule is c1cncc(-c2noc(C3CCN(Cc4cccc5cccnc45)C3)n2)c1. The lowest BCUT2D eigenvalue weighted by molar-refractivity contribution is 0.310. The zero-order chi connectivity index (χ0) is 18.1. The van der Waals surface area contributed by atoms with Crippen LogP contribution in [0.3, 0.4) is 0 Å². The van der Waals surface area contributed by atoms with Crippen molar-refractivity contribution in [3.63, 3.8) is 0 Å². The van der Waals surface area contributed by atoms with Crippen LogP contribution in [0.25, 0.3) is 22.3 Å². The summed E-state index contributed by atoms with van der Waals surface area (Å²) < 4.78 is 5.54. The molecule has 0 saturated carbocycles. The van der Waals surface area contributed by atoms with Crippen LogP contribution < -0.4 is 0 Å². The monoisotopic (exact) mass is 357 g/mol. The van der Waals surface area contributed by atoms with Crippen LogP contribution in [0.5, 0.6) is 0 Å². The highest BCUT2D eigenvalue weighted by Crippen LogP contribution is 2.29. The maximum Gasteiger partial charge on any atom is 0.231 e. The molecule has 0 radical (unpaired) electrons. The minimum absolute atomic E-state index is 0.269. The number of hydrogen-bond acceptors (Lipinski definition) is 6. The first kappa shape index (κ1) is 16.1. The number of aromatic nitrogens is 4. The van der Waals surface area contributed by atoms with Crippen molar-refractivity contribution in [1.29, 1.82) is 0 Å². The lowest BCUT2D eigenvalue weighted by atomic mass is 10.1. The molecule has 0 bridgehead atoms. The van der Waals surface area contributed by atoms with Gasteiger partial charge < -0.3 is 4.52 Å². The van der Waals surface area contributed by atoms with Crippen molar-refractivity contribution in [2.24, 2.45) is 0 Å². The molecule has 0 spiro atoms. The molecule has 1 aliphatic rings. The van der Waals surface area contributed by atoms with E-state index in [-0.39, 0.29) is 5.92 Å². The van der Waals surface area contributed by atoms with Crippen LogP contribution in [0.4, 0.5) is 0 Å². The predicted octanol–water partition coefficient (Wildman–Crippen LogP) is 3.67. The predicted molar refractivity (Wildman–Crippen MR) is 102 cm³/mol. The van der Waals surface area contributed by atoms with Crippen molar-refractivity contribution in [1.82, 2.24) is 25.0 Å². The number of pyridine rings is 2. The van der Waals surface area contributed by atoms with E-state index in [1.165, 1.54) is 10.9 Å². The highest BCUT2D eigenvalue weighted by Gasteiger charge is 2.28. The third-order valence-electron chi connectivity index (χ3n) is 5.09.